The van der Waals surface area contributed by atoms with Gasteiger partial charge in [-0.2, -0.15) is 10.1 Å². The first-order valence-electron chi connectivity index (χ1n) is 10.8. The van der Waals surface area contributed by atoms with Gasteiger partial charge in [-0.3, -0.25) is 0 Å². The number of halogens is 2. The lowest BCUT2D eigenvalue weighted by Crippen LogP contribution is -2.32. The molecule has 9 heteroatoms. The molecule has 7 nitrogen and oxygen atoms in total. The summed E-state index contributed by atoms with van der Waals surface area (Å²) in [7, 11) is 1.34. The lowest BCUT2D eigenvalue weighted by atomic mass is 9.84. The third-order valence-electron chi connectivity index (χ3n) is 6.20. The van der Waals surface area contributed by atoms with Gasteiger partial charge in [0.2, 0.25) is 5.95 Å². The Hall–Kier alpha value is -4.17. The molecule has 0 saturated carbocycles. The molecule has 174 valence electrons. The second kappa shape index (κ2) is 8.25. The van der Waals surface area contributed by atoms with Crippen molar-refractivity contribution in [2.24, 2.45) is 0 Å². The first-order valence-corrected chi connectivity index (χ1v) is 11.2. The minimum absolute atomic E-state index is 0.331. The summed E-state index contributed by atoms with van der Waals surface area (Å²) in [5, 5.41) is 8.41. The molecule has 2 aliphatic heterocycles. The maximum atomic E-state index is 13.8. The van der Waals surface area contributed by atoms with Gasteiger partial charge in [-0.05, 0) is 53.6 Å². The fourth-order valence-corrected chi connectivity index (χ4v) is 4.77. The molecule has 6 rings (SSSR count). The number of rotatable bonds is 3. The highest BCUT2D eigenvalue weighted by Gasteiger charge is 2.41. The molecule has 0 amide bonds. The van der Waals surface area contributed by atoms with E-state index >= 15 is 0 Å². The number of fused-ring (bicyclic) bond motifs is 3. The van der Waals surface area contributed by atoms with Gasteiger partial charge < -0.3 is 14.8 Å². The van der Waals surface area contributed by atoms with Crippen molar-refractivity contribution in [1.82, 2.24) is 14.8 Å². The van der Waals surface area contributed by atoms with Gasteiger partial charge in [0.25, 0.3) is 0 Å². The van der Waals surface area contributed by atoms with Crippen LogP contribution in [-0.2, 0) is 4.74 Å². The summed E-state index contributed by atoms with van der Waals surface area (Å²) in [6, 6.07) is 18.4. The highest BCUT2D eigenvalue weighted by molar-refractivity contribution is 6.30. The van der Waals surface area contributed by atoms with Crippen LogP contribution in [0.25, 0.3) is 5.70 Å². The zero-order chi connectivity index (χ0) is 24.1. The fraction of sp³-hybridized carbons (Fsp3) is 0.115. The number of benzene rings is 3. The zero-order valence-electron chi connectivity index (χ0n) is 18.4. The SMILES string of the molecule is COC(=O)c1ccc([C@@H]2Oc3ccc(Cl)cc3C3=C2[C@H](c2ccc(F)cc2)n2ncnc2N3)cc1. The molecule has 4 aromatic rings. The summed E-state index contributed by atoms with van der Waals surface area (Å²) in [5.74, 6) is 0.443. The molecular formula is C26H18ClFN4O3. The third-order valence-corrected chi connectivity index (χ3v) is 6.43. The number of aromatic nitrogens is 3. The van der Waals surface area contributed by atoms with Gasteiger partial charge in [0.15, 0.2) is 0 Å². The Morgan fingerprint density at radius 2 is 1.83 bits per heavy atom. The van der Waals surface area contributed by atoms with Crippen LogP contribution in [0.3, 0.4) is 0 Å². The summed E-state index contributed by atoms with van der Waals surface area (Å²) < 4.78 is 26.9. The van der Waals surface area contributed by atoms with Gasteiger partial charge in [0.1, 0.15) is 30.0 Å². The topological polar surface area (TPSA) is 78.3 Å². The Morgan fingerprint density at radius 1 is 1.09 bits per heavy atom. The van der Waals surface area contributed by atoms with Crippen molar-refractivity contribution >= 4 is 29.2 Å². The quantitative estimate of drug-likeness (QED) is 0.388. The van der Waals surface area contributed by atoms with Gasteiger partial charge in [-0.15, -0.1) is 0 Å². The molecule has 3 aromatic carbocycles. The van der Waals surface area contributed by atoms with Crippen LogP contribution in [0.15, 0.2) is 78.6 Å². The molecule has 0 fully saturated rings. The number of carbonyl (C=O) groups excluding carboxylic acids is 1. The van der Waals surface area contributed by atoms with Crippen molar-refractivity contribution in [3.05, 3.63) is 112 Å². The van der Waals surface area contributed by atoms with Crippen molar-refractivity contribution in [1.29, 1.82) is 0 Å². The second-order valence-corrected chi connectivity index (χ2v) is 8.63. The molecule has 2 atom stereocenters. The number of ether oxygens (including phenoxy) is 2. The molecule has 0 spiro atoms. The lowest BCUT2D eigenvalue weighted by molar-refractivity contribution is 0.0600. The lowest BCUT2D eigenvalue weighted by Gasteiger charge is -2.39. The Morgan fingerprint density at radius 3 is 2.57 bits per heavy atom. The molecule has 1 N–H and O–H groups in total. The normalized spacial score (nSPS) is 18.0. The molecule has 35 heavy (non-hydrogen) atoms. The summed E-state index contributed by atoms with van der Waals surface area (Å²) in [5.41, 5.74) is 4.52. The number of carbonyl (C=O) groups is 1. The monoisotopic (exact) mass is 488 g/mol. The van der Waals surface area contributed by atoms with Crippen molar-refractivity contribution < 1.29 is 18.7 Å². The van der Waals surface area contributed by atoms with E-state index in [1.54, 1.807) is 35.0 Å². The van der Waals surface area contributed by atoms with Crippen molar-refractivity contribution in [3.63, 3.8) is 0 Å². The van der Waals surface area contributed by atoms with Gasteiger partial charge in [0.05, 0.1) is 18.4 Å². The Labute approximate surface area is 204 Å². The molecule has 3 heterocycles. The third kappa shape index (κ3) is 3.54. The number of hydrogen-bond donors (Lipinski definition) is 1. The number of methoxy groups -OCH3 is 1. The number of nitrogens with one attached hydrogen (secondary N) is 1. The van der Waals surface area contributed by atoms with Gasteiger partial charge >= 0.3 is 5.97 Å². The van der Waals surface area contributed by atoms with E-state index in [0.717, 1.165) is 28.0 Å². The Kier molecular flexibility index (Phi) is 5.04. The van der Waals surface area contributed by atoms with Crippen LogP contribution in [0.2, 0.25) is 5.02 Å². The van der Waals surface area contributed by atoms with Crippen LogP contribution in [-0.4, -0.2) is 27.8 Å². The van der Waals surface area contributed by atoms with E-state index in [1.165, 1.54) is 25.6 Å². The number of hydrogen-bond acceptors (Lipinski definition) is 6. The fourth-order valence-electron chi connectivity index (χ4n) is 4.59. The smallest absolute Gasteiger partial charge is 0.337 e. The van der Waals surface area contributed by atoms with Crippen LogP contribution in [0.4, 0.5) is 10.3 Å². The average Bonchev–Trinajstić information content (AvgIpc) is 3.36. The minimum Gasteiger partial charge on any atom is -0.480 e. The highest BCUT2D eigenvalue weighted by atomic mass is 35.5. The Bertz CT molecular complexity index is 1480. The summed E-state index contributed by atoms with van der Waals surface area (Å²) in [6.45, 7) is 0. The molecule has 0 saturated heterocycles. The molecule has 0 unspecified atom stereocenters. The number of esters is 1. The van der Waals surface area contributed by atoms with Crippen LogP contribution in [0.1, 0.15) is 39.2 Å². The average molecular weight is 489 g/mol. The van der Waals surface area contributed by atoms with Crippen LogP contribution in [0, 0.1) is 5.82 Å². The zero-order valence-corrected chi connectivity index (χ0v) is 19.2. The highest BCUT2D eigenvalue weighted by Crippen LogP contribution is 2.51. The molecule has 0 bridgehead atoms. The number of anilines is 1. The maximum Gasteiger partial charge on any atom is 0.337 e. The van der Waals surface area contributed by atoms with Crippen LogP contribution < -0.4 is 10.1 Å². The van der Waals surface area contributed by atoms with E-state index in [-0.39, 0.29) is 5.82 Å². The summed E-state index contributed by atoms with van der Waals surface area (Å²) in [6.07, 6.45) is 0.933. The van der Waals surface area contributed by atoms with E-state index in [4.69, 9.17) is 21.1 Å². The van der Waals surface area contributed by atoms with Gasteiger partial charge in [0, 0.05) is 16.2 Å². The molecule has 1 aromatic heterocycles. The standard InChI is InChI=1S/C26H18ClFN4O3/c1-34-25(33)16-4-2-15(3-5-16)24-21-22(19-12-17(27)8-11-20(19)35-24)31-26-29-13-30-32(26)23(21)14-6-9-18(28)10-7-14/h2-13,23-24H,1H3,(H,29,30,31)/t23-,24-/m0/s1. The summed E-state index contributed by atoms with van der Waals surface area (Å²) in [4.78, 5) is 16.3. The van der Waals surface area contributed by atoms with E-state index in [2.05, 4.69) is 15.4 Å². The van der Waals surface area contributed by atoms with E-state index in [0.29, 0.717) is 22.3 Å². The van der Waals surface area contributed by atoms with Gasteiger partial charge in [-0.25, -0.2) is 13.9 Å². The van der Waals surface area contributed by atoms with Crippen molar-refractivity contribution in [3.8, 4) is 5.75 Å². The summed E-state index contributed by atoms with van der Waals surface area (Å²) >= 11 is 6.35. The van der Waals surface area contributed by atoms with E-state index < -0.39 is 18.1 Å². The second-order valence-electron chi connectivity index (χ2n) is 8.19. The first kappa shape index (κ1) is 21.4. The predicted octanol–water partition coefficient (Wildman–Crippen LogP) is 5.42. The molecule has 2 aliphatic rings. The molecular weight excluding hydrogens is 471 g/mol. The van der Waals surface area contributed by atoms with Crippen molar-refractivity contribution in [2.45, 2.75) is 12.1 Å². The van der Waals surface area contributed by atoms with Crippen molar-refractivity contribution in [2.75, 3.05) is 12.4 Å². The predicted molar refractivity (Wildman–Crippen MR) is 128 cm³/mol. The molecule has 0 radical (unpaired) electrons. The minimum atomic E-state index is -0.537. The largest absolute Gasteiger partial charge is 0.480 e. The maximum absolute atomic E-state index is 13.8. The van der Waals surface area contributed by atoms with E-state index in [9.17, 15) is 9.18 Å². The van der Waals surface area contributed by atoms with Gasteiger partial charge in [-0.1, -0.05) is 35.9 Å². The Balaban J connectivity index is 1.57. The van der Waals surface area contributed by atoms with E-state index in [1.807, 2.05) is 24.3 Å². The molecule has 0 aliphatic carbocycles. The first-order chi connectivity index (χ1) is 17.0. The number of nitrogens with zero attached hydrogens (tertiary/aromatic N) is 3. The van der Waals surface area contributed by atoms with Crippen LogP contribution >= 0.6 is 11.6 Å². The van der Waals surface area contributed by atoms with Crippen LogP contribution in [0.5, 0.6) is 5.75 Å².